The summed E-state index contributed by atoms with van der Waals surface area (Å²) in [5, 5.41) is 7.24. The Hall–Kier alpha value is -2.21. The van der Waals surface area contributed by atoms with Gasteiger partial charge in [0.2, 0.25) is 5.91 Å². The van der Waals surface area contributed by atoms with Crippen molar-refractivity contribution >= 4 is 5.91 Å². The Morgan fingerprint density at radius 1 is 1.43 bits per heavy atom. The number of aryl methyl sites for hydroxylation is 2. The molecule has 0 radical (unpaired) electrons. The molecule has 2 aromatic heterocycles. The molecule has 2 heterocycles. The predicted molar refractivity (Wildman–Crippen MR) is 78.8 cm³/mol. The molecule has 0 aliphatic heterocycles. The summed E-state index contributed by atoms with van der Waals surface area (Å²) in [6, 6.07) is 5.84. The van der Waals surface area contributed by atoms with E-state index in [0.717, 1.165) is 35.6 Å². The molecule has 0 atom stereocenters. The fourth-order valence-corrected chi connectivity index (χ4v) is 2.23. The van der Waals surface area contributed by atoms with Crippen molar-refractivity contribution in [1.82, 2.24) is 20.1 Å². The lowest BCUT2D eigenvalue weighted by Crippen LogP contribution is -2.42. The van der Waals surface area contributed by atoms with Gasteiger partial charge in [-0.05, 0) is 44.4 Å². The molecule has 6 nitrogen and oxygen atoms in total. The van der Waals surface area contributed by atoms with Gasteiger partial charge in [0.1, 0.15) is 0 Å². The number of nitrogens with zero attached hydrogens (tertiary/aromatic N) is 3. The van der Waals surface area contributed by atoms with Crippen molar-refractivity contribution in [3.63, 3.8) is 0 Å². The van der Waals surface area contributed by atoms with Crippen LogP contribution in [0.15, 0.2) is 24.4 Å². The van der Waals surface area contributed by atoms with E-state index in [2.05, 4.69) is 15.4 Å². The van der Waals surface area contributed by atoms with Crippen molar-refractivity contribution in [2.24, 2.45) is 5.73 Å². The third-order valence-corrected chi connectivity index (χ3v) is 3.73. The molecule has 0 spiro atoms. The molecular weight excluding hydrogens is 266 g/mol. The van der Waals surface area contributed by atoms with Gasteiger partial charge in [-0.15, -0.1) is 0 Å². The summed E-state index contributed by atoms with van der Waals surface area (Å²) in [4.78, 5) is 16.2. The largest absolute Gasteiger partial charge is 0.350 e. The number of rotatable bonds is 4. The van der Waals surface area contributed by atoms with Gasteiger partial charge < -0.3 is 11.1 Å². The van der Waals surface area contributed by atoms with Crippen molar-refractivity contribution in [1.29, 1.82) is 0 Å². The predicted octanol–water partition coefficient (Wildman–Crippen LogP) is 0.992. The maximum absolute atomic E-state index is 11.8. The summed E-state index contributed by atoms with van der Waals surface area (Å²) < 4.78 is 1.80. The van der Waals surface area contributed by atoms with Crippen molar-refractivity contribution < 1.29 is 4.79 Å². The SMILES string of the molecule is Cc1cc(C)n(-c2ccc(CNC(=O)C3(N)CC3)cn2)n1. The number of hydrogen-bond donors (Lipinski definition) is 2. The van der Waals surface area contributed by atoms with Gasteiger partial charge in [-0.2, -0.15) is 5.10 Å². The zero-order chi connectivity index (χ0) is 15.0. The molecule has 21 heavy (non-hydrogen) atoms. The molecule has 0 unspecified atom stereocenters. The molecule has 110 valence electrons. The quantitative estimate of drug-likeness (QED) is 0.877. The van der Waals surface area contributed by atoms with Gasteiger partial charge >= 0.3 is 0 Å². The van der Waals surface area contributed by atoms with Gasteiger partial charge in [0.15, 0.2) is 5.82 Å². The minimum atomic E-state index is -0.628. The molecule has 1 fully saturated rings. The van der Waals surface area contributed by atoms with Crippen LogP contribution < -0.4 is 11.1 Å². The van der Waals surface area contributed by atoms with Gasteiger partial charge in [0.05, 0.1) is 11.2 Å². The van der Waals surface area contributed by atoms with E-state index in [4.69, 9.17) is 5.73 Å². The minimum absolute atomic E-state index is 0.0786. The maximum atomic E-state index is 11.8. The van der Waals surface area contributed by atoms with Crippen LogP contribution in [0, 0.1) is 13.8 Å². The van der Waals surface area contributed by atoms with Crippen LogP contribution in [-0.2, 0) is 11.3 Å². The van der Waals surface area contributed by atoms with Crippen molar-refractivity contribution in [2.45, 2.75) is 38.8 Å². The van der Waals surface area contributed by atoms with Crippen molar-refractivity contribution in [3.05, 3.63) is 41.3 Å². The van der Waals surface area contributed by atoms with Crippen LogP contribution in [0.5, 0.6) is 0 Å². The van der Waals surface area contributed by atoms with Crippen molar-refractivity contribution in [2.75, 3.05) is 0 Å². The van der Waals surface area contributed by atoms with E-state index in [1.165, 1.54) is 0 Å². The Morgan fingerprint density at radius 3 is 2.71 bits per heavy atom. The normalized spacial score (nSPS) is 15.8. The van der Waals surface area contributed by atoms with E-state index in [9.17, 15) is 4.79 Å². The topological polar surface area (TPSA) is 85.8 Å². The molecule has 1 aliphatic rings. The summed E-state index contributed by atoms with van der Waals surface area (Å²) in [5.41, 5.74) is 8.15. The van der Waals surface area contributed by atoms with Crippen LogP contribution in [-0.4, -0.2) is 26.2 Å². The molecule has 1 saturated carbocycles. The highest BCUT2D eigenvalue weighted by molar-refractivity contribution is 5.88. The first-order valence-electron chi connectivity index (χ1n) is 7.04. The third kappa shape index (κ3) is 2.80. The fourth-order valence-electron chi connectivity index (χ4n) is 2.23. The number of nitrogens with two attached hydrogens (primary N) is 1. The Morgan fingerprint density at radius 2 is 2.19 bits per heavy atom. The van der Waals surface area contributed by atoms with Gasteiger partial charge in [0, 0.05) is 18.4 Å². The molecule has 0 saturated heterocycles. The molecule has 1 aliphatic carbocycles. The number of pyridine rings is 1. The lowest BCUT2D eigenvalue weighted by atomic mass is 10.2. The first-order chi connectivity index (χ1) is 9.98. The highest BCUT2D eigenvalue weighted by atomic mass is 16.2. The highest BCUT2D eigenvalue weighted by Crippen LogP contribution is 2.32. The Kier molecular flexibility index (Phi) is 3.25. The van der Waals surface area contributed by atoms with E-state index in [1.54, 1.807) is 10.9 Å². The van der Waals surface area contributed by atoms with Crippen LogP contribution >= 0.6 is 0 Å². The third-order valence-electron chi connectivity index (χ3n) is 3.73. The Balaban J connectivity index is 1.67. The molecule has 2 aromatic rings. The number of nitrogens with one attached hydrogen (secondary N) is 1. The van der Waals surface area contributed by atoms with Crippen LogP contribution in [0.1, 0.15) is 29.8 Å². The molecule has 0 bridgehead atoms. The van der Waals surface area contributed by atoms with E-state index >= 15 is 0 Å². The van der Waals surface area contributed by atoms with Gasteiger partial charge in [-0.1, -0.05) is 6.07 Å². The highest BCUT2D eigenvalue weighted by Gasteiger charge is 2.45. The zero-order valence-electron chi connectivity index (χ0n) is 12.3. The van der Waals surface area contributed by atoms with Crippen LogP contribution in [0.25, 0.3) is 5.82 Å². The van der Waals surface area contributed by atoms with Gasteiger partial charge in [0.25, 0.3) is 0 Å². The molecule has 3 N–H and O–H groups in total. The number of carbonyl (C=O) groups is 1. The smallest absolute Gasteiger partial charge is 0.240 e. The van der Waals surface area contributed by atoms with E-state index < -0.39 is 5.54 Å². The average molecular weight is 285 g/mol. The fraction of sp³-hybridized carbons (Fsp3) is 0.400. The lowest BCUT2D eigenvalue weighted by molar-refractivity contribution is -0.123. The number of carbonyl (C=O) groups excluding carboxylic acids is 1. The average Bonchev–Trinajstić information content (AvgIpc) is 3.13. The van der Waals surface area contributed by atoms with E-state index in [1.807, 2.05) is 32.0 Å². The van der Waals surface area contributed by atoms with Gasteiger partial charge in [-0.25, -0.2) is 9.67 Å². The first kappa shape index (κ1) is 13.8. The molecule has 6 heteroatoms. The summed E-state index contributed by atoms with van der Waals surface area (Å²) in [6.07, 6.45) is 3.30. The summed E-state index contributed by atoms with van der Waals surface area (Å²) in [7, 11) is 0. The second-order valence-electron chi connectivity index (χ2n) is 5.70. The Bertz CT molecular complexity index is 670. The number of amides is 1. The lowest BCUT2D eigenvalue weighted by Gasteiger charge is -2.10. The zero-order valence-corrected chi connectivity index (χ0v) is 12.3. The molecule has 3 rings (SSSR count). The standard InChI is InChI=1S/C15H19N5O/c1-10-7-11(2)20(19-10)13-4-3-12(8-17-13)9-18-14(21)15(16)5-6-15/h3-4,7-8H,5-6,9,16H2,1-2H3,(H,18,21). The molecular formula is C15H19N5O. The second kappa shape index (κ2) is 4.96. The second-order valence-corrected chi connectivity index (χ2v) is 5.70. The minimum Gasteiger partial charge on any atom is -0.350 e. The van der Waals surface area contributed by atoms with Gasteiger partial charge in [-0.3, -0.25) is 4.79 Å². The number of aromatic nitrogens is 3. The van der Waals surface area contributed by atoms with Crippen LogP contribution in [0.3, 0.4) is 0 Å². The summed E-state index contributed by atoms with van der Waals surface area (Å²) in [6.45, 7) is 4.39. The Labute approximate surface area is 123 Å². The summed E-state index contributed by atoms with van der Waals surface area (Å²) >= 11 is 0. The number of hydrogen-bond acceptors (Lipinski definition) is 4. The maximum Gasteiger partial charge on any atom is 0.240 e. The van der Waals surface area contributed by atoms with E-state index in [-0.39, 0.29) is 5.91 Å². The summed E-state index contributed by atoms with van der Waals surface area (Å²) in [5.74, 6) is 0.693. The van der Waals surface area contributed by atoms with E-state index in [0.29, 0.717) is 6.54 Å². The van der Waals surface area contributed by atoms with Crippen LogP contribution in [0.4, 0.5) is 0 Å². The first-order valence-corrected chi connectivity index (χ1v) is 7.04. The van der Waals surface area contributed by atoms with Crippen molar-refractivity contribution in [3.8, 4) is 5.82 Å². The molecule has 1 amide bonds. The van der Waals surface area contributed by atoms with Crippen LogP contribution in [0.2, 0.25) is 0 Å². The monoisotopic (exact) mass is 285 g/mol. The molecule has 0 aromatic carbocycles.